The molecule has 9 heavy (non-hydrogen) atoms. The molecule has 0 atom stereocenters. The van der Waals surface area contributed by atoms with Crippen molar-refractivity contribution in [3.63, 3.8) is 0 Å². The summed E-state index contributed by atoms with van der Waals surface area (Å²) in [7, 11) is 0. The zero-order valence-corrected chi connectivity index (χ0v) is 5.76. The quantitative estimate of drug-likeness (QED) is 0.468. The maximum atomic E-state index is 4.18. The van der Waals surface area contributed by atoms with Gasteiger partial charge in [0.2, 0.25) is 0 Å². The van der Waals surface area contributed by atoms with Gasteiger partial charge in [-0.3, -0.25) is 0 Å². The zero-order chi connectivity index (χ0) is 6.69. The number of aliphatic imine (C=N–C) groups is 2. The maximum absolute atomic E-state index is 4.18. The molecule has 1 rings (SSSR count). The number of rotatable bonds is 0. The lowest BCUT2D eigenvalue weighted by Crippen LogP contribution is -1.91. The Morgan fingerprint density at radius 2 is 2.22 bits per heavy atom. The number of nitrogens with zero attached hydrogens (tertiary/aromatic N) is 2. The van der Waals surface area contributed by atoms with E-state index in [1.165, 1.54) is 0 Å². The highest BCUT2D eigenvalue weighted by atomic mass is 14.9. The summed E-state index contributed by atoms with van der Waals surface area (Å²) in [6, 6.07) is 0. The number of amidine groups is 1. The van der Waals surface area contributed by atoms with E-state index in [1.54, 1.807) is 6.20 Å². The van der Waals surface area contributed by atoms with Gasteiger partial charge in [-0.1, -0.05) is 6.08 Å². The first-order chi connectivity index (χ1) is 4.29. The van der Waals surface area contributed by atoms with E-state index in [9.17, 15) is 0 Å². The fraction of sp³-hybridized carbons (Fsp3) is 0.429. The van der Waals surface area contributed by atoms with Crippen LogP contribution in [0.1, 0.15) is 20.3 Å². The minimum absolute atomic E-state index is 0.848. The van der Waals surface area contributed by atoms with Crippen molar-refractivity contribution in [2.45, 2.75) is 20.3 Å². The SMILES string of the molecule is CC1=NC(C)=NC=CC1. The summed E-state index contributed by atoms with van der Waals surface area (Å²) in [5, 5.41) is 0. The summed E-state index contributed by atoms with van der Waals surface area (Å²) in [6.45, 7) is 3.91. The van der Waals surface area contributed by atoms with Gasteiger partial charge in [0, 0.05) is 18.3 Å². The molecule has 1 aliphatic rings. The molecule has 1 heterocycles. The summed E-state index contributed by atoms with van der Waals surface area (Å²) in [5.41, 5.74) is 1.13. The predicted octanol–water partition coefficient (Wildman–Crippen LogP) is 1.78. The molecular formula is C7H10N2. The minimum atomic E-state index is 0.848. The molecule has 0 saturated carbocycles. The van der Waals surface area contributed by atoms with Gasteiger partial charge in [0.1, 0.15) is 5.84 Å². The van der Waals surface area contributed by atoms with Crippen LogP contribution >= 0.6 is 0 Å². The summed E-state index contributed by atoms with van der Waals surface area (Å²) < 4.78 is 0. The highest BCUT2D eigenvalue weighted by molar-refractivity contribution is 5.97. The van der Waals surface area contributed by atoms with E-state index in [4.69, 9.17) is 0 Å². The Bertz CT molecular complexity index is 187. The molecular weight excluding hydrogens is 112 g/mol. The fourth-order valence-electron chi connectivity index (χ4n) is 0.735. The number of hydrogen-bond acceptors (Lipinski definition) is 2. The van der Waals surface area contributed by atoms with E-state index < -0.39 is 0 Å². The van der Waals surface area contributed by atoms with Gasteiger partial charge in [0.25, 0.3) is 0 Å². The lowest BCUT2D eigenvalue weighted by atomic mass is 10.3. The Labute approximate surface area is 55.0 Å². The molecule has 0 aliphatic carbocycles. The third kappa shape index (κ3) is 1.80. The van der Waals surface area contributed by atoms with Gasteiger partial charge >= 0.3 is 0 Å². The molecule has 2 nitrogen and oxygen atoms in total. The van der Waals surface area contributed by atoms with Gasteiger partial charge in [-0.2, -0.15) is 0 Å². The largest absolute Gasteiger partial charge is 0.243 e. The van der Waals surface area contributed by atoms with Crippen molar-refractivity contribution in [1.29, 1.82) is 0 Å². The number of hydrogen-bond donors (Lipinski definition) is 0. The molecule has 2 heteroatoms. The predicted molar refractivity (Wildman–Crippen MR) is 40.0 cm³/mol. The first-order valence-electron chi connectivity index (χ1n) is 3.02. The molecule has 0 aromatic rings. The Hall–Kier alpha value is -0.920. The second-order valence-electron chi connectivity index (χ2n) is 2.11. The second-order valence-corrected chi connectivity index (χ2v) is 2.11. The van der Waals surface area contributed by atoms with Crippen molar-refractivity contribution < 1.29 is 0 Å². The smallest absolute Gasteiger partial charge is 0.125 e. The van der Waals surface area contributed by atoms with Gasteiger partial charge in [-0.25, -0.2) is 9.98 Å². The maximum Gasteiger partial charge on any atom is 0.125 e. The molecule has 1 aliphatic heterocycles. The monoisotopic (exact) mass is 122 g/mol. The van der Waals surface area contributed by atoms with Crippen LogP contribution in [0.3, 0.4) is 0 Å². The van der Waals surface area contributed by atoms with Gasteiger partial charge < -0.3 is 0 Å². The third-order valence-electron chi connectivity index (χ3n) is 1.13. The van der Waals surface area contributed by atoms with E-state index >= 15 is 0 Å². The summed E-state index contributed by atoms with van der Waals surface area (Å²) in [6.07, 6.45) is 4.74. The van der Waals surface area contributed by atoms with Crippen LogP contribution < -0.4 is 0 Å². The molecule has 0 spiro atoms. The van der Waals surface area contributed by atoms with E-state index in [0.717, 1.165) is 18.0 Å². The molecule has 0 unspecified atom stereocenters. The molecule has 0 aromatic heterocycles. The zero-order valence-electron chi connectivity index (χ0n) is 5.76. The van der Waals surface area contributed by atoms with Crippen LogP contribution in [0.2, 0.25) is 0 Å². The second kappa shape index (κ2) is 2.58. The highest BCUT2D eigenvalue weighted by Gasteiger charge is 1.91. The van der Waals surface area contributed by atoms with Gasteiger partial charge in [0.05, 0.1) is 0 Å². The van der Waals surface area contributed by atoms with Crippen LogP contribution in [0.5, 0.6) is 0 Å². The Balaban J connectivity index is 2.82. The van der Waals surface area contributed by atoms with Crippen molar-refractivity contribution >= 4 is 11.5 Å². The molecule has 0 saturated heterocycles. The van der Waals surface area contributed by atoms with Crippen molar-refractivity contribution in [2.75, 3.05) is 0 Å². The van der Waals surface area contributed by atoms with E-state index in [0.29, 0.717) is 0 Å². The average molecular weight is 122 g/mol. The van der Waals surface area contributed by atoms with Crippen molar-refractivity contribution in [3.05, 3.63) is 12.3 Å². The standard InChI is InChI=1S/C7H10N2/c1-6-4-3-5-8-7(2)9-6/h3,5H,4H2,1-2H3. The van der Waals surface area contributed by atoms with Gasteiger partial charge in [-0.05, 0) is 13.8 Å². The van der Waals surface area contributed by atoms with Crippen LogP contribution in [0.25, 0.3) is 0 Å². The third-order valence-corrected chi connectivity index (χ3v) is 1.13. The Kier molecular flexibility index (Phi) is 1.78. The molecule has 48 valence electrons. The van der Waals surface area contributed by atoms with E-state index in [-0.39, 0.29) is 0 Å². The average Bonchev–Trinajstić information content (AvgIpc) is 1.93. The fourth-order valence-corrected chi connectivity index (χ4v) is 0.735. The van der Waals surface area contributed by atoms with E-state index in [2.05, 4.69) is 9.98 Å². The normalized spacial score (nSPS) is 18.4. The van der Waals surface area contributed by atoms with Crippen molar-refractivity contribution in [1.82, 2.24) is 0 Å². The summed E-state index contributed by atoms with van der Waals surface area (Å²) in [5.74, 6) is 0.848. The molecule has 0 radical (unpaired) electrons. The lowest BCUT2D eigenvalue weighted by Gasteiger charge is -1.89. The van der Waals surface area contributed by atoms with Crippen LogP contribution in [0.15, 0.2) is 22.3 Å². The molecule has 0 aromatic carbocycles. The molecule has 0 amide bonds. The first kappa shape index (κ1) is 6.20. The molecule has 0 bridgehead atoms. The number of allylic oxidation sites excluding steroid dienone is 1. The summed E-state index contributed by atoms with van der Waals surface area (Å²) >= 11 is 0. The van der Waals surface area contributed by atoms with Crippen LogP contribution in [-0.4, -0.2) is 11.5 Å². The first-order valence-corrected chi connectivity index (χ1v) is 3.02. The van der Waals surface area contributed by atoms with E-state index in [1.807, 2.05) is 19.9 Å². The van der Waals surface area contributed by atoms with Crippen LogP contribution in [-0.2, 0) is 0 Å². The van der Waals surface area contributed by atoms with Gasteiger partial charge in [0.15, 0.2) is 0 Å². The Morgan fingerprint density at radius 1 is 1.44 bits per heavy atom. The highest BCUT2D eigenvalue weighted by Crippen LogP contribution is 1.96. The minimum Gasteiger partial charge on any atom is -0.243 e. The summed E-state index contributed by atoms with van der Waals surface area (Å²) in [4.78, 5) is 8.20. The van der Waals surface area contributed by atoms with Crippen LogP contribution in [0, 0.1) is 0 Å². The molecule has 0 N–H and O–H groups in total. The van der Waals surface area contributed by atoms with Crippen molar-refractivity contribution in [2.24, 2.45) is 9.98 Å². The molecule has 0 fully saturated rings. The van der Waals surface area contributed by atoms with Crippen molar-refractivity contribution in [3.8, 4) is 0 Å². The van der Waals surface area contributed by atoms with Gasteiger partial charge in [-0.15, -0.1) is 0 Å². The lowest BCUT2D eigenvalue weighted by molar-refractivity contribution is 1.42. The van der Waals surface area contributed by atoms with Crippen LogP contribution in [0.4, 0.5) is 0 Å². The Morgan fingerprint density at radius 3 is 3.00 bits per heavy atom. The topological polar surface area (TPSA) is 24.7 Å².